The summed E-state index contributed by atoms with van der Waals surface area (Å²) in [5, 5.41) is 23.4. The number of hydrogen-bond acceptors (Lipinski definition) is 6. The van der Waals surface area contributed by atoms with Gasteiger partial charge in [-0.3, -0.25) is 20.0 Å². The molecule has 0 amide bonds. The minimum absolute atomic E-state index is 0.0857. The first kappa shape index (κ1) is 16.9. The summed E-state index contributed by atoms with van der Waals surface area (Å²) >= 11 is 0. The number of piperidine rings is 1. The van der Waals surface area contributed by atoms with Gasteiger partial charge in [-0.1, -0.05) is 6.07 Å². The van der Waals surface area contributed by atoms with E-state index in [9.17, 15) is 10.1 Å². The second-order valence-electron chi connectivity index (χ2n) is 6.12. The molecular formula is C18H19N5O2. The van der Waals surface area contributed by atoms with Crippen LogP contribution in [0.15, 0.2) is 42.6 Å². The number of benzene rings is 1. The van der Waals surface area contributed by atoms with Crippen molar-refractivity contribution in [3.05, 3.63) is 64.0 Å². The Labute approximate surface area is 146 Å². The maximum absolute atomic E-state index is 10.9. The second kappa shape index (κ2) is 7.73. The molecule has 2 heterocycles. The van der Waals surface area contributed by atoms with Gasteiger partial charge in [-0.25, -0.2) is 0 Å². The molecule has 0 unspecified atom stereocenters. The van der Waals surface area contributed by atoms with Gasteiger partial charge in [0.1, 0.15) is 11.6 Å². The lowest BCUT2D eigenvalue weighted by Crippen LogP contribution is -2.38. The van der Waals surface area contributed by atoms with Gasteiger partial charge < -0.3 is 5.32 Å². The van der Waals surface area contributed by atoms with Crippen LogP contribution in [0.3, 0.4) is 0 Å². The van der Waals surface area contributed by atoms with E-state index in [1.54, 1.807) is 12.1 Å². The molecule has 1 aromatic heterocycles. The normalized spacial score (nSPS) is 15.5. The first-order valence-corrected chi connectivity index (χ1v) is 8.23. The van der Waals surface area contributed by atoms with Crippen molar-refractivity contribution >= 4 is 11.4 Å². The average Bonchev–Trinajstić information content (AvgIpc) is 2.64. The number of rotatable bonds is 5. The Bertz CT molecular complexity index is 780. The first-order chi connectivity index (χ1) is 12.2. The Hall–Kier alpha value is -2.98. The minimum atomic E-state index is -0.529. The molecule has 2 aromatic rings. The van der Waals surface area contributed by atoms with Crippen molar-refractivity contribution in [2.24, 2.45) is 0 Å². The van der Waals surface area contributed by atoms with E-state index in [4.69, 9.17) is 5.26 Å². The van der Waals surface area contributed by atoms with Crippen molar-refractivity contribution in [1.82, 2.24) is 9.88 Å². The number of nitro benzene ring substituents is 1. The molecule has 25 heavy (non-hydrogen) atoms. The van der Waals surface area contributed by atoms with Crippen LogP contribution in [0.25, 0.3) is 0 Å². The van der Waals surface area contributed by atoms with E-state index in [2.05, 4.69) is 15.2 Å². The molecular weight excluding hydrogens is 318 g/mol. The molecule has 7 nitrogen and oxygen atoms in total. The van der Waals surface area contributed by atoms with Crippen molar-refractivity contribution in [3.63, 3.8) is 0 Å². The number of nitrogens with zero attached hydrogens (tertiary/aromatic N) is 4. The van der Waals surface area contributed by atoms with Crippen molar-refractivity contribution in [3.8, 4) is 6.07 Å². The maximum atomic E-state index is 10.9. The third kappa shape index (κ3) is 4.31. The molecule has 0 bridgehead atoms. The van der Waals surface area contributed by atoms with Crippen LogP contribution in [0.4, 0.5) is 11.4 Å². The van der Waals surface area contributed by atoms with Crippen molar-refractivity contribution < 1.29 is 4.92 Å². The Morgan fingerprint density at radius 2 is 2.12 bits per heavy atom. The Morgan fingerprint density at radius 3 is 2.76 bits per heavy atom. The highest BCUT2D eigenvalue weighted by Crippen LogP contribution is 2.24. The van der Waals surface area contributed by atoms with Gasteiger partial charge in [0.15, 0.2) is 0 Å². The summed E-state index contributed by atoms with van der Waals surface area (Å²) in [4.78, 5) is 17.1. The van der Waals surface area contributed by atoms with Crippen LogP contribution < -0.4 is 5.32 Å². The van der Waals surface area contributed by atoms with Gasteiger partial charge in [0.2, 0.25) is 0 Å². The Morgan fingerprint density at radius 1 is 1.32 bits per heavy atom. The lowest BCUT2D eigenvalue weighted by atomic mass is 10.0. The van der Waals surface area contributed by atoms with Crippen LogP contribution in [-0.4, -0.2) is 33.9 Å². The molecule has 1 N–H and O–H groups in total. The quantitative estimate of drug-likeness (QED) is 0.666. The van der Waals surface area contributed by atoms with Gasteiger partial charge in [-0.05, 0) is 37.1 Å². The molecule has 1 aliphatic heterocycles. The first-order valence-electron chi connectivity index (χ1n) is 8.23. The lowest BCUT2D eigenvalue weighted by Gasteiger charge is -2.32. The maximum Gasteiger partial charge on any atom is 0.287 e. The molecule has 0 saturated carbocycles. The fourth-order valence-corrected chi connectivity index (χ4v) is 3.07. The number of anilines is 1. The lowest BCUT2D eigenvalue weighted by molar-refractivity contribution is -0.385. The van der Waals surface area contributed by atoms with Gasteiger partial charge in [0.05, 0.1) is 10.6 Å². The third-order valence-electron chi connectivity index (χ3n) is 4.38. The molecule has 0 spiro atoms. The van der Waals surface area contributed by atoms with Crippen molar-refractivity contribution in [2.75, 3.05) is 18.4 Å². The van der Waals surface area contributed by atoms with Crippen LogP contribution in [-0.2, 0) is 6.54 Å². The highest BCUT2D eigenvalue weighted by Gasteiger charge is 2.20. The highest BCUT2D eigenvalue weighted by atomic mass is 16.6. The number of nitriles is 1. The van der Waals surface area contributed by atoms with Crippen LogP contribution in [0, 0.1) is 21.4 Å². The number of nitro groups is 1. The summed E-state index contributed by atoms with van der Waals surface area (Å²) in [6.45, 7) is 2.78. The molecule has 1 saturated heterocycles. The molecule has 0 atom stereocenters. The number of aromatic nitrogens is 1. The van der Waals surface area contributed by atoms with E-state index < -0.39 is 4.92 Å². The predicted molar refractivity (Wildman–Crippen MR) is 94.0 cm³/mol. The average molecular weight is 337 g/mol. The molecule has 1 aliphatic rings. The minimum Gasteiger partial charge on any atom is -0.382 e. The predicted octanol–water partition coefficient (Wildman–Crippen LogP) is 2.94. The highest BCUT2D eigenvalue weighted by molar-refractivity contribution is 5.59. The van der Waals surface area contributed by atoms with Gasteiger partial charge >= 0.3 is 0 Å². The van der Waals surface area contributed by atoms with Gasteiger partial charge in [-0.2, -0.15) is 5.26 Å². The topological polar surface area (TPSA) is 95.1 Å². The fourth-order valence-electron chi connectivity index (χ4n) is 3.07. The zero-order valence-corrected chi connectivity index (χ0v) is 13.8. The molecule has 128 valence electrons. The monoisotopic (exact) mass is 337 g/mol. The molecule has 7 heteroatoms. The van der Waals surface area contributed by atoms with Crippen molar-refractivity contribution in [1.29, 1.82) is 5.26 Å². The van der Waals surface area contributed by atoms with E-state index in [1.165, 1.54) is 6.07 Å². The van der Waals surface area contributed by atoms with Gasteiger partial charge in [0.25, 0.3) is 5.69 Å². The molecule has 0 radical (unpaired) electrons. The number of pyridine rings is 1. The van der Waals surface area contributed by atoms with Crippen LogP contribution in [0.2, 0.25) is 0 Å². The zero-order chi connectivity index (χ0) is 17.6. The standard InChI is InChI=1S/C18H19N5O2/c19-12-14-11-16(4-5-18(14)23(24)25)21-15-6-9-22(10-7-15)13-17-3-1-2-8-20-17/h1-5,8,11,15,21H,6-7,9-10,13H2. The van der Waals surface area contributed by atoms with E-state index in [1.807, 2.05) is 30.5 Å². The summed E-state index contributed by atoms with van der Waals surface area (Å²) in [5.74, 6) is 0. The smallest absolute Gasteiger partial charge is 0.287 e. The summed E-state index contributed by atoms with van der Waals surface area (Å²) in [7, 11) is 0. The third-order valence-corrected chi connectivity index (χ3v) is 4.38. The van der Waals surface area contributed by atoms with E-state index in [-0.39, 0.29) is 11.3 Å². The van der Waals surface area contributed by atoms with Gasteiger partial charge in [0, 0.05) is 43.6 Å². The van der Waals surface area contributed by atoms with Crippen LogP contribution in [0.5, 0.6) is 0 Å². The molecule has 3 rings (SSSR count). The summed E-state index contributed by atoms with van der Waals surface area (Å²) in [6, 6.07) is 12.7. The summed E-state index contributed by atoms with van der Waals surface area (Å²) in [6.07, 6.45) is 3.77. The molecule has 1 fully saturated rings. The van der Waals surface area contributed by atoms with Crippen LogP contribution in [0.1, 0.15) is 24.1 Å². The largest absolute Gasteiger partial charge is 0.382 e. The second-order valence-corrected chi connectivity index (χ2v) is 6.12. The number of hydrogen-bond donors (Lipinski definition) is 1. The van der Waals surface area contributed by atoms with E-state index >= 15 is 0 Å². The van der Waals surface area contributed by atoms with E-state index in [0.29, 0.717) is 6.04 Å². The Kier molecular flexibility index (Phi) is 5.21. The summed E-state index contributed by atoms with van der Waals surface area (Å²) < 4.78 is 0. The van der Waals surface area contributed by atoms with Crippen molar-refractivity contribution in [2.45, 2.75) is 25.4 Å². The number of likely N-dealkylation sites (tertiary alicyclic amines) is 1. The SMILES string of the molecule is N#Cc1cc(NC2CCN(Cc3ccccn3)CC2)ccc1[N+](=O)[O-]. The van der Waals surface area contributed by atoms with Crippen LogP contribution >= 0.6 is 0 Å². The number of nitrogens with one attached hydrogen (secondary N) is 1. The van der Waals surface area contributed by atoms with E-state index in [0.717, 1.165) is 43.9 Å². The molecule has 1 aromatic carbocycles. The summed E-state index contributed by atoms with van der Waals surface area (Å²) in [5.41, 5.74) is 1.76. The van der Waals surface area contributed by atoms with Gasteiger partial charge in [-0.15, -0.1) is 0 Å². The Balaban J connectivity index is 1.55. The fraction of sp³-hybridized carbons (Fsp3) is 0.333. The zero-order valence-electron chi connectivity index (χ0n) is 13.8. The molecule has 0 aliphatic carbocycles.